The van der Waals surface area contributed by atoms with Crippen molar-refractivity contribution in [3.63, 3.8) is 0 Å². The largest absolute Gasteiger partial charge is 0.338 e. The number of rotatable bonds is 4. The van der Waals surface area contributed by atoms with E-state index in [9.17, 15) is 4.79 Å². The maximum Gasteiger partial charge on any atom is 0.322 e. The highest BCUT2D eigenvalue weighted by Crippen LogP contribution is 1.91. The van der Waals surface area contributed by atoms with Crippen LogP contribution in [-0.2, 0) is 0 Å². The smallest absolute Gasteiger partial charge is 0.322 e. The van der Waals surface area contributed by atoms with Gasteiger partial charge in [-0.05, 0) is 20.3 Å². The van der Waals surface area contributed by atoms with Crippen LogP contribution in [0.4, 0.5) is 4.79 Å². The van der Waals surface area contributed by atoms with Gasteiger partial charge < -0.3 is 5.32 Å². The van der Waals surface area contributed by atoms with E-state index in [1.807, 2.05) is 6.92 Å². The fraction of sp³-hybridized carbons (Fsp3) is 0.750. The van der Waals surface area contributed by atoms with Crippen LogP contribution in [0.25, 0.3) is 0 Å². The number of carbonyl (C=O) groups excluding carboxylic acids is 1. The fourth-order valence-electron chi connectivity index (χ4n) is 1.00. The van der Waals surface area contributed by atoms with Crippen LogP contribution < -0.4 is 5.32 Å². The number of urea groups is 1. The summed E-state index contributed by atoms with van der Waals surface area (Å²) in [6, 6.07) is -0.163. The highest BCUT2D eigenvalue weighted by molar-refractivity contribution is 6.08. The molecule has 0 unspecified atom stereocenters. The van der Waals surface area contributed by atoms with Gasteiger partial charge >= 0.3 is 6.03 Å². The molecule has 0 aromatic rings. The van der Waals surface area contributed by atoms with E-state index in [1.54, 1.807) is 6.92 Å². The number of nitrogens with zero attached hydrogens (tertiary/aromatic N) is 1. The van der Waals surface area contributed by atoms with E-state index in [0.717, 1.165) is 12.7 Å². The first-order valence-corrected chi connectivity index (χ1v) is 4.74. The van der Waals surface area contributed by atoms with Gasteiger partial charge in [-0.3, -0.25) is 10.3 Å². The average molecular weight is 183 g/mol. The number of carbonyl (C=O) groups is 1. The monoisotopic (exact) mass is 183 g/mol. The summed E-state index contributed by atoms with van der Waals surface area (Å²) >= 11 is 0. The molecule has 0 aromatic carbocycles. The molecule has 4 nitrogen and oxygen atoms in total. The van der Waals surface area contributed by atoms with Crippen molar-refractivity contribution < 1.29 is 4.79 Å². The van der Waals surface area contributed by atoms with Crippen molar-refractivity contribution in [2.24, 2.45) is 0 Å². The molecule has 0 aromatic heterocycles. The first-order chi connectivity index (χ1) is 6.13. The number of amides is 2. The summed E-state index contributed by atoms with van der Waals surface area (Å²) in [5.74, 6) is 0.288. The molecule has 13 heavy (non-hydrogen) atoms. The van der Waals surface area contributed by atoms with Gasteiger partial charge in [-0.25, -0.2) is 4.79 Å². The Hall–Kier alpha value is -0.995. The molecule has 0 aliphatic carbocycles. The summed E-state index contributed by atoms with van der Waals surface area (Å²) in [6.45, 7) is 4.72. The van der Waals surface area contributed by atoms with E-state index >= 15 is 0 Å². The molecule has 0 fully saturated rings. The van der Waals surface area contributed by atoms with Gasteiger partial charge in [0.2, 0.25) is 0 Å². The molecule has 0 aliphatic heterocycles. The van der Waals surface area contributed by atoms with Gasteiger partial charge in [0.1, 0.15) is 13.7 Å². The Labute approximate surface area is 80.6 Å². The molecule has 2 N–H and O–H groups in total. The Morgan fingerprint density at radius 1 is 1.62 bits per heavy atom. The van der Waals surface area contributed by atoms with E-state index in [2.05, 4.69) is 13.2 Å². The Morgan fingerprint density at radius 3 is 2.62 bits per heavy atom. The van der Waals surface area contributed by atoms with Gasteiger partial charge in [-0.1, -0.05) is 6.32 Å². The number of nitrogens with one attached hydrogen (secondary N) is 2. The predicted octanol–water partition coefficient (Wildman–Crippen LogP) is 0.457. The SMILES string of the molecule is BCCCNC(=O)N(CC)C(C)=N. The van der Waals surface area contributed by atoms with E-state index in [4.69, 9.17) is 5.41 Å². The second-order valence-electron chi connectivity index (χ2n) is 2.92. The lowest BCUT2D eigenvalue weighted by atomic mass is 10.0. The van der Waals surface area contributed by atoms with E-state index in [1.165, 1.54) is 4.90 Å². The molecule has 0 spiro atoms. The van der Waals surface area contributed by atoms with Crippen molar-refractivity contribution in [3.05, 3.63) is 0 Å². The summed E-state index contributed by atoms with van der Waals surface area (Å²) in [5.41, 5.74) is 0. The van der Waals surface area contributed by atoms with Crippen molar-refractivity contribution in [2.75, 3.05) is 13.1 Å². The minimum Gasteiger partial charge on any atom is -0.338 e. The summed E-state index contributed by atoms with van der Waals surface area (Å²) in [4.78, 5) is 12.8. The molecule has 0 radical (unpaired) electrons. The highest BCUT2D eigenvalue weighted by atomic mass is 16.2. The van der Waals surface area contributed by atoms with Gasteiger partial charge in [0.05, 0.1) is 0 Å². The standard InChI is InChI=1S/C8H18BN3O/c1-3-12(7(2)10)8(13)11-6-4-5-9/h10H,3-6,9H2,1-2H3,(H,11,13). The average Bonchev–Trinajstić information content (AvgIpc) is 2.05. The second-order valence-corrected chi connectivity index (χ2v) is 2.92. The lowest BCUT2D eigenvalue weighted by Gasteiger charge is -2.19. The fourth-order valence-corrected chi connectivity index (χ4v) is 1.00. The highest BCUT2D eigenvalue weighted by Gasteiger charge is 2.11. The molecule has 0 saturated carbocycles. The van der Waals surface area contributed by atoms with Crippen molar-refractivity contribution in [1.29, 1.82) is 5.41 Å². The zero-order chi connectivity index (χ0) is 10.3. The first kappa shape index (κ1) is 12.0. The van der Waals surface area contributed by atoms with Gasteiger partial charge in [0.25, 0.3) is 0 Å². The number of amidine groups is 1. The molecule has 74 valence electrons. The Kier molecular flexibility index (Phi) is 6.01. The van der Waals surface area contributed by atoms with Crippen LogP contribution in [-0.4, -0.2) is 37.7 Å². The Balaban J connectivity index is 3.85. The van der Waals surface area contributed by atoms with Crippen molar-refractivity contribution in [1.82, 2.24) is 10.2 Å². The first-order valence-electron chi connectivity index (χ1n) is 4.74. The van der Waals surface area contributed by atoms with E-state index in [-0.39, 0.29) is 11.9 Å². The summed E-state index contributed by atoms with van der Waals surface area (Å²) in [7, 11) is 2.08. The molecule has 0 aliphatic rings. The molecule has 0 atom stereocenters. The minimum atomic E-state index is -0.163. The van der Waals surface area contributed by atoms with Crippen molar-refractivity contribution in [2.45, 2.75) is 26.6 Å². The molecule has 2 amide bonds. The maximum absolute atomic E-state index is 11.4. The van der Waals surface area contributed by atoms with Crippen LogP contribution in [0.2, 0.25) is 6.32 Å². The molecular formula is C8H18BN3O. The normalized spacial score (nSPS) is 9.38. The molecule has 0 heterocycles. The van der Waals surface area contributed by atoms with E-state index < -0.39 is 0 Å². The molecule has 5 heteroatoms. The van der Waals surface area contributed by atoms with E-state index in [0.29, 0.717) is 13.1 Å². The number of hydrogen-bond donors (Lipinski definition) is 2. The van der Waals surface area contributed by atoms with Gasteiger partial charge in [-0.15, -0.1) is 0 Å². The number of hydrogen-bond acceptors (Lipinski definition) is 2. The predicted molar refractivity (Wildman–Crippen MR) is 57.1 cm³/mol. The van der Waals surface area contributed by atoms with Crippen molar-refractivity contribution >= 4 is 19.7 Å². The van der Waals surface area contributed by atoms with Crippen LogP contribution in [0.1, 0.15) is 20.3 Å². The van der Waals surface area contributed by atoms with Gasteiger partial charge in [0.15, 0.2) is 0 Å². The van der Waals surface area contributed by atoms with Crippen LogP contribution in [0.3, 0.4) is 0 Å². The summed E-state index contributed by atoms with van der Waals surface area (Å²) < 4.78 is 0. The quantitative estimate of drug-likeness (QED) is 0.283. The molecule has 0 bridgehead atoms. The molecule has 0 saturated heterocycles. The Bertz CT molecular complexity index is 184. The topological polar surface area (TPSA) is 56.2 Å². The van der Waals surface area contributed by atoms with Crippen LogP contribution >= 0.6 is 0 Å². The maximum atomic E-state index is 11.4. The zero-order valence-corrected chi connectivity index (χ0v) is 8.68. The van der Waals surface area contributed by atoms with Crippen molar-refractivity contribution in [3.8, 4) is 0 Å². The molecule has 0 rings (SSSR count). The molecular weight excluding hydrogens is 165 g/mol. The van der Waals surface area contributed by atoms with Crippen LogP contribution in [0.5, 0.6) is 0 Å². The Morgan fingerprint density at radius 2 is 2.23 bits per heavy atom. The lowest BCUT2D eigenvalue weighted by Crippen LogP contribution is -2.42. The zero-order valence-electron chi connectivity index (χ0n) is 8.68. The third-order valence-corrected chi connectivity index (χ3v) is 1.77. The van der Waals surface area contributed by atoms with Gasteiger partial charge in [0, 0.05) is 13.1 Å². The minimum absolute atomic E-state index is 0.163. The van der Waals surface area contributed by atoms with Crippen LogP contribution in [0.15, 0.2) is 0 Å². The third-order valence-electron chi connectivity index (χ3n) is 1.77. The third kappa shape index (κ3) is 4.55. The summed E-state index contributed by atoms with van der Waals surface area (Å²) in [5, 5.41) is 10.1. The van der Waals surface area contributed by atoms with Gasteiger partial charge in [-0.2, -0.15) is 0 Å². The lowest BCUT2D eigenvalue weighted by molar-refractivity contribution is 0.222. The summed E-state index contributed by atoms with van der Waals surface area (Å²) in [6.07, 6.45) is 2.05. The van der Waals surface area contributed by atoms with Crippen LogP contribution in [0, 0.1) is 5.41 Å². The second kappa shape index (κ2) is 6.51.